The highest BCUT2D eigenvalue weighted by atomic mass is 16.5. The highest BCUT2D eigenvalue weighted by Gasteiger charge is 2.24. The fourth-order valence-corrected chi connectivity index (χ4v) is 2.62. The number of nitrogens with one attached hydrogen (secondary N) is 1. The van der Waals surface area contributed by atoms with Gasteiger partial charge in [-0.1, -0.05) is 36.8 Å². The molecule has 1 amide bonds. The Morgan fingerprint density at radius 1 is 1.30 bits per heavy atom. The second-order valence-electron chi connectivity index (χ2n) is 5.45. The van der Waals surface area contributed by atoms with Crippen LogP contribution < -0.4 is 11.1 Å². The number of nitrogens with two attached hydrogens (primary N) is 1. The number of carbonyl (C=O) groups is 1. The van der Waals surface area contributed by atoms with Crippen molar-refractivity contribution in [2.24, 2.45) is 11.7 Å². The van der Waals surface area contributed by atoms with Crippen LogP contribution in [0.4, 0.5) is 0 Å². The average Bonchev–Trinajstić information content (AvgIpc) is 2.48. The van der Waals surface area contributed by atoms with Gasteiger partial charge in [0.15, 0.2) is 0 Å². The summed E-state index contributed by atoms with van der Waals surface area (Å²) in [6.45, 7) is 1.70. The summed E-state index contributed by atoms with van der Waals surface area (Å²) >= 11 is 0. The number of ether oxygens (including phenoxy) is 1. The molecular weight excluding hydrogens is 252 g/mol. The molecule has 0 bridgehead atoms. The van der Waals surface area contributed by atoms with Gasteiger partial charge in [0.1, 0.15) is 0 Å². The summed E-state index contributed by atoms with van der Waals surface area (Å²) < 4.78 is 5.54. The molecule has 1 saturated carbocycles. The standard InChI is InChI=1S/C16H24N2O2/c17-15-8-4-7-14(11-15)16(19)18-9-10-20-12-13-5-2-1-3-6-13/h1-3,5-6,14-15H,4,7-12,17H2,(H,18,19). The van der Waals surface area contributed by atoms with Crippen molar-refractivity contribution in [2.45, 2.75) is 38.3 Å². The summed E-state index contributed by atoms with van der Waals surface area (Å²) in [5.41, 5.74) is 7.05. The maximum absolute atomic E-state index is 12.0. The minimum absolute atomic E-state index is 0.0906. The third-order valence-electron chi connectivity index (χ3n) is 3.74. The van der Waals surface area contributed by atoms with Crippen molar-refractivity contribution in [3.05, 3.63) is 35.9 Å². The normalized spacial score (nSPS) is 22.4. The van der Waals surface area contributed by atoms with Gasteiger partial charge >= 0.3 is 0 Å². The monoisotopic (exact) mass is 276 g/mol. The summed E-state index contributed by atoms with van der Waals surface area (Å²) in [5, 5.41) is 2.94. The molecule has 4 nitrogen and oxygen atoms in total. The molecule has 0 aromatic heterocycles. The van der Waals surface area contributed by atoms with Crippen LogP contribution in [-0.2, 0) is 16.1 Å². The van der Waals surface area contributed by atoms with Crippen LogP contribution in [0.5, 0.6) is 0 Å². The van der Waals surface area contributed by atoms with Gasteiger partial charge in [-0.3, -0.25) is 4.79 Å². The van der Waals surface area contributed by atoms with E-state index in [0.29, 0.717) is 19.8 Å². The molecule has 0 spiro atoms. The molecule has 4 heteroatoms. The largest absolute Gasteiger partial charge is 0.375 e. The topological polar surface area (TPSA) is 64.4 Å². The van der Waals surface area contributed by atoms with Crippen LogP contribution >= 0.6 is 0 Å². The Labute approximate surface area is 120 Å². The van der Waals surface area contributed by atoms with Gasteiger partial charge in [0.2, 0.25) is 5.91 Å². The molecule has 1 fully saturated rings. The number of hydrogen-bond donors (Lipinski definition) is 2. The molecule has 2 rings (SSSR count). The minimum atomic E-state index is 0.0906. The minimum Gasteiger partial charge on any atom is -0.375 e. The summed E-state index contributed by atoms with van der Waals surface area (Å²) in [7, 11) is 0. The van der Waals surface area contributed by atoms with Gasteiger partial charge in [0.05, 0.1) is 13.2 Å². The van der Waals surface area contributed by atoms with E-state index in [1.807, 2.05) is 30.3 Å². The zero-order valence-corrected chi connectivity index (χ0v) is 11.9. The molecule has 110 valence electrons. The van der Waals surface area contributed by atoms with Gasteiger partial charge in [-0.2, -0.15) is 0 Å². The van der Waals surface area contributed by atoms with E-state index in [9.17, 15) is 4.79 Å². The van der Waals surface area contributed by atoms with Crippen LogP contribution in [0.2, 0.25) is 0 Å². The molecule has 1 aromatic rings. The van der Waals surface area contributed by atoms with Crippen LogP contribution in [0.15, 0.2) is 30.3 Å². The molecule has 0 saturated heterocycles. The maximum atomic E-state index is 12.0. The lowest BCUT2D eigenvalue weighted by atomic mass is 9.85. The number of amides is 1. The molecule has 1 aliphatic carbocycles. The molecule has 0 radical (unpaired) electrons. The van der Waals surface area contributed by atoms with E-state index < -0.39 is 0 Å². The lowest BCUT2D eigenvalue weighted by molar-refractivity contribution is -0.126. The first kappa shape index (κ1) is 15.0. The lowest BCUT2D eigenvalue weighted by Gasteiger charge is -2.25. The van der Waals surface area contributed by atoms with E-state index >= 15 is 0 Å². The molecule has 2 unspecified atom stereocenters. The van der Waals surface area contributed by atoms with E-state index in [4.69, 9.17) is 10.5 Å². The highest BCUT2D eigenvalue weighted by molar-refractivity contribution is 5.78. The molecular formula is C16H24N2O2. The number of benzene rings is 1. The van der Waals surface area contributed by atoms with Gasteiger partial charge in [-0.15, -0.1) is 0 Å². The molecule has 0 heterocycles. The predicted molar refractivity (Wildman–Crippen MR) is 79.0 cm³/mol. The predicted octanol–water partition coefficient (Wildman–Crippen LogP) is 1.84. The Kier molecular flexibility index (Phi) is 6.02. The summed E-state index contributed by atoms with van der Waals surface area (Å²) in [6.07, 6.45) is 3.88. The highest BCUT2D eigenvalue weighted by Crippen LogP contribution is 2.22. The fourth-order valence-electron chi connectivity index (χ4n) is 2.62. The number of hydrogen-bond acceptors (Lipinski definition) is 3. The molecule has 3 N–H and O–H groups in total. The first-order valence-corrected chi connectivity index (χ1v) is 7.40. The van der Waals surface area contributed by atoms with Crippen molar-refractivity contribution in [1.29, 1.82) is 0 Å². The van der Waals surface area contributed by atoms with E-state index in [0.717, 1.165) is 31.2 Å². The van der Waals surface area contributed by atoms with Gasteiger partial charge in [0, 0.05) is 18.5 Å². The first-order chi connectivity index (χ1) is 9.75. The molecule has 0 aliphatic heterocycles. The van der Waals surface area contributed by atoms with Gasteiger partial charge in [0.25, 0.3) is 0 Å². The van der Waals surface area contributed by atoms with Crippen molar-refractivity contribution < 1.29 is 9.53 Å². The van der Waals surface area contributed by atoms with Crippen LogP contribution in [0.25, 0.3) is 0 Å². The smallest absolute Gasteiger partial charge is 0.223 e. The molecule has 1 aliphatic rings. The third-order valence-corrected chi connectivity index (χ3v) is 3.74. The zero-order chi connectivity index (χ0) is 14.2. The van der Waals surface area contributed by atoms with Gasteiger partial charge in [-0.05, 0) is 24.8 Å². The van der Waals surface area contributed by atoms with E-state index in [1.54, 1.807) is 0 Å². The third kappa shape index (κ3) is 4.94. The zero-order valence-electron chi connectivity index (χ0n) is 11.9. The number of rotatable bonds is 6. The second kappa shape index (κ2) is 8.02. The molecule has 2 atom stereocenters. The molecule has 20 heavy (non-hydrogen) atoms. The van der Waals surface area contributed by atoms with Crippen LogP contribution in [0, 0.1) is 5.92 Å². The summed E-state index contributed by atoms with van der Waals surface area (Å²) in [4.78, 5) is 12.0. The Morgan fingerprint density at radius 3 is 2.85 bits per heavy atom. The Bertz CT molecular complexity index is 408. The SMILES string of the molecule is NC1CCCC(C(=O)NCCOCc2ccccc2)C1. The van der Waals surface area contributed by atoms with Crippen LogP contribution in [-0.4, -0.2) is 25.1 Å². The summed E-state index contributed by atoms with van der Waals surface area (Å²) in [5.74, 6) is 0.219. The lowest BCUT2D eigenvalue weighted by Crippen LogP contribution is -2.38. The quantitative estimate of drug-likeness (QED) is 0.779. The molecule has 1 aromatic carbocycles. The first-order valence-electron chi connectivity index (χ1n) is 7.40. The van der Waals surface area contributed by atoms with Crippen molar-refractivity contribution in [3.8, 4) is 0 Å². The van der Waals surface area contributed by atoms with Crippen molar-refractivity contribution in [2.75, 3.05) is 13.2 Å². The Hall–Kier alpha value is -1.39. The fraction of sp³-hybridized carbons (Fsp3) is 0.562. The van der Waals surface area contributed by atoms with Gasteiger partial charge < -0.3 is 15.8 Å². The maximum Gasteiger partial charge on any atom is 0.223 e. The van der Waals surface area contributed by atoms with Crippen molar-refractivity contribution >= 4 is 5.91 Å². The van der Waals surface area contributed by atoms with E-state index in [2.05, 4.69) is 5.32 Å². The Balaban J connectivity index is 1.57. The van der Waals surface area contributed by atoms with E-state index in [-0.39, 0.29) is 17.9 Å². The number of carbonyl (C=O) groups excluding carboxylic acids is 1. The van der Waals surface area contributed by atoms with Crippen molar-refractivity contribution in [3.63, 3.8) is 0 Å². The van der Waals surface area contributed by atoms with Crippen LogP contribution in [0.3, 0.4) is 0 Å². The van der Waals surface area contributed by atoms with E-state index in [1.165, 1.54) is 0 Å². The van der Waals surface area contributed by atoms with Gasteiger partial charge in [-0.25, -0.2) is 0 Å². The average molecular weight is 276 g/mol. The van der Waals surface area contributed by atoms with Crippen LogP contribution in [0.1, 0.15) is 31.2 Å². The summed E-state index contributed by atoms with van der Waals surface area (Å²) in [6, 6.07) is 10.2. The Morgan fingerprint density at radius 2 is 2.10 bits per heavy atom. The van der Waals surface area contributed by atoms with Crippen molar-refractivity contribution in [1.82, 2.24) is 5.32 Å². The second-order valence-corrected chi connectivity index (χ2v) is 5.45.